The van der Waals surface area contributed by atoms with E-state index in [0.29, 0.717) is 12.8 Å². The molecule has 0 saturated carbocycles. The molecule has 1 atom stereocenters. The van der Waals surface area contributed by atoms with Gasteiger partial charge in [0.25, 0.3) is 0 Å². The van der Waals surface area contributed by atoms with Crippen molar-refractivity contribution in [3.63, 3.8) is 0 Å². The molecule has 0 aliphatic heterocycles. The van der Waals surface area contributed by atoms with E-state index in [1.165, 1.54) is 0 Å². The van der Waals surface area contributed by atoms with Crippen molar-refractivity contribution in [2.45, 2.75) is 25.9 Å². The minimum atomic E-state index is -0.477. The van der Waals surface area contributed by atoms with E-state index in [2.05, 4.69) is 0 Å². The highest BCUT2D eigenvalue weighted by atomic mass is 35.5. The minimum absolute atomic E-state index is 0.168. The molecule has 0 saturated heterocycles. The Bertz CT molecular complexity index is 208. The van der Waals surface area contributed by atoms with Crippen LogP contribution in [0.15, 0.2) is 0 Å². The fraction of sp³-hybridized carbons (Fsp3) is 0.778. The molecule has 0 aromatic rings. The second-order valence-electron chi connectivity index (χ2n) is 2.80. The van der Waals surface area contributed by atoms with Crippen molar-refractivity contribution in [1.29, 1.82) is 0 Å². The molecule has 0 aliphatic rings. The topological polar surface area (TPSA) is 52.6 Å². The van der Waals surface area contributed by atoms with Crippen LogP contribution < -0.4 is 0 Å². The van der Waals surface area contributed by atoms with Gasteiger partial charge in [-0.05, 0) is 6.42 Å². The SMILES string of the molecule is CCC(CCOC(=O)CCl)OC(=O)CCl. The minimum Gasteiger partial charge on any atom is -0.465 e. The summed E-state index contributed by atoms with van der Waals surface area (Å²) < 4.78 is 9.71. The van der Waals surface area contributed by atoms with E-state index in [1.807, 2.05) is 6.92 Å². The van der Waals surface area contributed by atoms with Gasteiger partial charge in [0.05, 0.1) is 6.61 Å². The van der Waals surface area contributed by atoms with Gasteiger partial charge in [-0.15, -0.1) is 23.2 Å². The van der Waals surface area contributed by atoms with Crippen molar-refractivity contribution in [2.75, 3.05) is 18.4 Å². The Morgan fingerprint density at radius 3 is 2.27 bits per heavy atom. The zero-order valence-corrected chi connectivity index (χ0v) is 10.0. The summed E-state index contributed by atoms with van der Waals surface area (Å²) in [5.41, 5.74) is 0. The predicted octanol–water partition coefficient (Wildman–Crippen LogP) is 1.72. The van der Waals surface area contributed by atoms with Crippen LogP contribution in [0.3, 0.4) is 0 Å². The van der Waals surface area contributed by atoms with Crippen molar-refractivity contribution in [1.82, 2.24) is 0 Å². The molecule has 0 aliphatic carbocycles. The van der Waals surface area contributed by atoms with Gasteiger partial charge in [-0.2, -0.15) is 0 Å². The Hall–Kier alpha value is -0.480. The van der Waals surface area contributed by atoms with Crippen LogP contribution in [-0.4, -0.2) is 36.4 Å². The molecule has 0 heterocycles. The van der Waals surface area contributed by atoms with E-state index < -0.39 is 11.9 Å². The molecule has 88 valence electrons. The van der Waals surface area contributed by atoms with Crippen LogP contribution in [0.5, 0.6) is 0 Å². The molecule has 0 spiro atoms. The second kappa shape index (κ2) is 8.80. The van der Waals surface area contributed by atoms with Crippen molar-refractivity contribution >= 4 is 35.1 Å². The summed E-state index contributed by atoms with van der Waals surface area (Å²) in [6.07, 6.45) is 0.849. The van der Waals surface area contributed by atoms with Gasteiger partial charge < -0.3 is 9.47 Å². The van der Waals surface area contributed by atoms with Crippen LogP contribution >= 0.6 is 23.2 Å². The van der Waals surface area contributed by atoms with Gasteiger partial charge in [0.15, 0.2) is 0 Å². The third-order valence-corrected chi connectivity index (χ3v) is 2.11. The molecule has 0 aromatic heterocycles. The molecule has 15 heavy (non-hydrogen) atoms. The number of halogens is 2. The number of alkyl halides is 2. The van der Waals surface area contributed by atoms with Crippen molar-refractivity contribution < 1.29 is 19.1 Å². The summed E-state index contributed by atoms with van der Waals surface area (Å²) in [4.78, 5) is 21.5. The number of ether oxygens (including phenoxy) is 2. The molecule has 0 bridgehead atoms. The molecule has 0 fully saturated rings. The maximum absolute atomic E-state index is 10.9. The van der Waals surface area contributed by atoms with Gasteiger partial charge in [0, 0.05) is 6.42 Å². The number of carbonyl (C=O) groups is 2. The van der Waals surface area contributed by atoms with E-state index in [9.17, 15) is 9.59 Å². The highest BCUT2D eigenvalue weighted by Gasteiger charge is 2.12. The van der Waals surface area contributed by atoms with Crippen LogP contribution in [0, 0.1) is 0 Å². The Balaban J connectivity index is 3.70. The number of hydrogen-bond donors (Lipinski definition) is 0. The molecule has 0 aromatic carbocycles. The molecule has 0 N–H and O–H groups in total. The van der Waals surface area contributed by atoms with Gasteiger partial charge in [-0.25, -0.2) is 0 Å². The molecular formula is C9H14Cl2O4. The van der Waals surface area contributed by atoms with E-state index in [0.717, 1.165) is 0 Å². The lowest BCUT2D eigenvalue weighted by Gasteiger charge is -2.15. The van der Waals surface area contributed by atoms with E-state index in [4.69, 9.17) is 32.7 Å². The van der Waals surface area contributed by atoms with Gasteiger partial charge >= 0.3 is 11.9 Å². The summed E-state index contributed by atoms with van der Waals surface area (Å²) in [5, 5.41) is 0. The molecule has 0 rings (SSSR count). The summed E-state index contributed by atoms with van der Waals surface area (Å²) in [7, 11) is 0. The first-order valence-corrected chi connectivity index (χ1v) is 5.68. The molecule has 0 amide bonds. The smallest absolute Gasteiger partial charge is 0.321 e. The first-order chi connectivity index (χ1) is 7.13. The fourth-order valence-corrected chi connectivity index (χ4v) is 1.05. The predicted molar refractivity (Wildman–Crippen MR) is 57.2 cm³/mol. The van der Waals surface area contributed by atoms with Gasteiger partial charge in [0.2, 0.25) is 0 Å². The lowest BCUT2D eigenvalue weighted by atomic mass is 10.2. The summed E-state index contributed by atoms with van der Waals surface area (Å²) in [5.74, 6) is -1.28. The second-order valence-corrected chi connectivity index (χ2v) is 3.33. The average molecular weight is 257 g/mol. The largest absolute Gasteiger partial charge is 0.465 e. The first kappa shape index (κ1) is 14.5. The fourth-order valence-electron chi connectivity index (χ4n) is 0.907. The van der Waals surface area contributed by atoms with Gasteiger partial charge in [-0.1, -0.05) is 6.92 Å². The Kier molecular flexibility index (Phi) is 8.52. The summed E-state index contributed by atoms with van der Waals surface area (Å²) in [6.45, 7) is 2.06. The van der Waals surface area contributed by atoms with E-state index in [1.54, 1.807) is 0 Å². The lowest BCUT2D eigenvalue weighted by molar-refractivity contribution is -0.148. The zero-order chi connectivity index (χ0) is 11.7. The zero-order valence-electron chi connectivity index (χ0n) is 8.50. The van der Waals surface area contributed by atoms with Crippen LogP contribution in [0.1, 0.15) is 19.8 Å². The standard InChI is InChI=1S/C9H14Cl2O4/c1-2-7(15-9(13)6-11)3-4-14-8(12)5-10/h7H,2-6H2,1H3. The number of hydrogen-bond acceptors (Lipinski definition) is 4. The number of esters is 2. The summed E-state index contributed by atoms with van der Waals surface area (Å²) in [6, 6.07) is 0. The molecule has 1 unspecified atom stereocenters. The average Bonchev–Trinajstić information content (AvgIpc) is 2.26. The third-order valence-electron chi connectivity index (χ3n) is 1.67. The van der Waals surface area contributed by atoms with Gasteiger partial charge in [-0.3, -0.25) is 9.59 Å². The molecule has 4 nitrogen and oxygen atoms in total. The van der Waals surface area contributed by atoms with Crippen molar-refractivity contribution in [3.05, 3.63) is 0 Å². The van der Waals surface area contributed by atoms with Gasteiger partial charge in [0.1, 0.15) is 17.9 Å². The highest BCUT2D eigenvalue weighted by molar-refractivity contribution is 6.26. The summed E-state index contributed by atoms with van der Waals surface area (Å²) >= 11 is 10.5. The van der Waals surface area contributed by atoms with E-state index in [-0.39, 0.29) is 24.5 Å². The lowest BCUT2D eigenvalue weighted by Crippen LogP contribution is -2.21. The molecular weight excluding hydrogens is 243 g/mol. The Morgan fingerprint density at radius 1 is 1.20 bits per heavy atom. The van der Waals surface area contributed by atoms with Crippen LogP contribution in [0.25, 0.3) is 0 Å². The highest BCUT2D eigenvalue weighted by Crippen LogP contribution is 2.05. The Labute approximate surface area is 98.8 Å². The quantitative estimate of drug-likeness (QED) is 0.514. The monoisotopic (exact) mass is 256 g/mol. The van der Waals surface area contributed by atoms with Crippen molar-refractivity contribution in [2.24, 2.45) is 0 Å². The Morgan fingerprint density at radius 2 is 1.80 bits per heavy atom. The van der Waals surface area contributed by atoms with E-state index >= 15 is 0 Å². The normalized spacial score (nSPS) is 11.9. The van der Waals surface area contributed by atoms with Crippen LogP contribution in [0.2, 0.25) is 0 Å². The third kappa shape index (κ3) is 7.45. The first-order valence-electron chi connectivity index (χ1n) is 4.61. The van der Waals surface area contributed by atoms with Crippen LogP contribution in [-0.2, 0) is 19.1 Å². The molecule has 6 heteroatoms. The number of carbonyl (C=O) groups excluding carboxylic acids is 2. The van der Waals surface area contributed by atoms with Crippen LogP contribution in [0.4, 0.5) is 0 Å². The maximum atomic E-state index is 10.9. The van der Waals surface area contributed by atoms with Crippen molar-refractivity contribution in [3.8, 4) is 0 Å². The molecule has 0 radical (unpaired) electrons. The maximum Gasteiger partial charge on any atom is 0.321 e. The number of rotatable bonds is 7.